The average molecular weight is 438 g/mol. The van der Waals surface area contributed by atoms with Crippen LogP contribution in [0.15, 0.2) is 54.2 Å². The van der Waals surface area contributed by atoms with Gasteiger partial charge in [-0.3, -0.25) is 14.9 Å². The van der Waals surface area contributed by atoms with E-state index in [-0.39, 0.29) is 34.9 Å². The normalized spacial score (nSPS) is 10.6. The van der Waals surface area contributed by atoms with Gasteiger partial charge in [0.1, 0.15) is 17.4 Å². The first kappa shape index (κ1) is 23.9. The molecule has 10 nitrogen and oxygen atoms in total. The molecule has 0 saturated heterocycles. The molecule has 2 aromatic carbocycles. The van der Waals surface area contributed by atoms with Crippen LogP contribution >= 0.6 is 0 Å². The lowest BCUT2D eigenvalue weighted by Crippen LogP contribution is -2.18. The zero-order valence-corrected chi connectivity index (χ0v) is 17.6. The molecular weight excluding hydrogens is 416 g/mol. The van der Waals surface area contributed by atoms with Crippen LogP contribution in [0.3, 0.4) is 0 Å². The zero-order chi connectivity index (χ0) is 23.5. The van der Waals surface area contributed by atoms with Gasteiger partial charge in [-0.05, 0) is 24.6 Å². The number of nitriles is 1. The van der Waals surface area contributed by atoms with Gasteiger partial charge < -0.3 is 20.1 Å². The molecule has 0 unspecified atom stereocenters. The first-order chi connectivity index (χ1) is 15.4. The number of ether oxygens (including phenoxy) is 2. The highest BCUT2D eigenvalue weighted by atomic mass is 16.6. The van der Waals surface area contributed by atoms with E-state index in [0.717, 1.165) is 19.0 Å². The van der Waals surface area contributed by atoms with Gasteiger partial charge in [0.15, 0.2) is 0 Å². The van der Waals surface area contributed by atoms with Gasteiger partial charge in [0.25, 0.3) is 11.6 Å². The third-order valence-electron chi connectivity index (χ3n) is 4.26. The van der Waals surface area contributed by atoms with Crippen molar-refractivity contribution in [2.45, 2.75) is 19.8 Å². The number of nitro benzene ring substituents is 1. The number of benzene rings is 2. The van der Waals surface area contributed by atoms with Gasteiger partial charge in [-0.25, -0.2) is 4.79 Å². The summed E-state index contributed by atoms with van der Waals surface area (Å²) in [7, 11) is 1.34. The highest BCUT2D eigenvalue weighted by Gasteiger charge is 2.17. The molecule has 0 heterocycles. The second kappa shape index (κ2) is 11.7. The van der Waals surface area contributed by atoms with Crippen LogP contribution in [0.5, 0.6) is 5.75 Å². The maximum absolute atomic E-state index is 12.6. The molecule has 1 amide bonds. The monoisotopic (exact) mass is 438 g/mol. The highest BCUT2D eigenvalue weighted by molar-refractivity contribution is 6.09. The van der Waals surface area contributed by atoms with E-state index >= 15 is 0 Å². The average Bonchev–Trinajstić information content (AvgIpc) is 2.79. The Morgan fingerprint density at radius 3 is 2.62 bits per heavy atom. The van der Waals surface area contributed by atoms with Crippen LogP contribution < -0.4 is 15.4 Å². The predicted octanol–water partition coefficient (Wildman–Crippen LogP) is 4.02. The quantitative estimate of drug-likeness (QED) is 0.141. The number of unbranched alkanes of at least 4 members (excludes halogenated alkanes) is 1. The fraction of sp³-hybridized carbons (Fsp3) is 0.227. The number of non-ortho nitro benzene ring substituents is 1. The summed E-state index contributed by atoms with van der Waals surface area (Å²) < 4.78 is 10.3. The molecule has 2 N–H and O–H groups in total. The van der Waals surface area contributed by atoms with Gasteiger partial charge in [0, 0.05) is 12.3 Å². The van der Waals surface area contributed by atoms with Crippen molar-refractivity contribution in [1.82, 2.24) is 0 Å². The number of carbonyl (C=O) groups excluding carboxylic acids is 2. The number of carbonyl (C=O) groups is 2. The zero-order valence-electron chi connectivity index (χ0n) is 17.6. The molecule has 0 aromatic heterocycles. The summed E-state index contributed by atoms with van der Waals surface area (Å²) in [6, 6.07) is 11.9. The Morgan fingerprint density at radius 1 is 1.22 bits per heavy atom. The third kappa shape index (κ3) is 6.30. The Morgan fingerprint density at radius 2 is 1.97 bits per heavy atom. The maximum Gasteiger partial charge on any atom is 0.340 e. The molecule has 0 saturated carbocycles. The van der Waals surface area contributed by atoms with E-state index in [2.05, 4.69) is 10.6 Å². The van der Waals surface area contributed by atoms with Crippen molar-refractivity contribution in [3.8, 4) is 11.8 Å². The molecule has 10 heteroatoms. The minimum Gasteiger partial charge on any atom is -0.494 e. The van der Waals surface area contributed by atoms with E-state index in [1.165, 1.54) is 37.4 Å². The SMILES string of the molecule is CCCCOC(=O)c1ccccc1NC(=O)/C(C#N)=C\Nc1ccc([N+](=O)[O-])cc1OC. The van der Waals surface area contributed by atoms with E-state index < -0.39 is 16.8 Å². The fourth-order valence-electron chi connectivity index (χ4n) is 2.56. The molecule has 0 aliphatic carbocycles. The van der Waals surface area contributed by atoms with Crippen LogP contribution in [0.1, 0.15) is 30.1 Å². The second-order valence-electron chi connectivity index (χ2n) is 6.45. The fourth-order valence-corrected chi connectivity index (χ4v) is 2.56. The number of hydrogen-bond donors (Lipinski definition) is 2. The Kier molecular flexibility index (Phi) is 8.74. The standard InChI is InChI=1S/C22H22N4O6/c1-3-4-11-32-22(28)17-7-5-6-8-18(17)25-21(27)15(13-23)14-24-19-10-9-16(26(29)30)12-20(19)31-2/h5-10,12,14,24H,3-4,11H2,1-2H3,(H,25,27)/b15-14-. The summed E-state index contributed by atoms with van der Waals surface area (Å²) in [5.74, 6) is -1.17. The van der Waals surface area contributed by atoms with Crippen LogP contribution in [0, 0.1) is 21.4 Å². The molecule has 0 radical (unpaired) electrons. The minimum absolute atomic E-state index is 0.160. The largest absolute Gasteiger partial charge is 0.494 e. The summed E-state index contributed by atoms with van der Waals surface area (Å²) in [5.41, 5.74) is 0.225. The number of hydrogen-bond acceptors (Lipinski definition) is 8. The molecule has 32 heavy (non-hydrogen) atoms. The van der Waals surface area contributed by atoms with E-state index in [1.54, 1.807) is 18.2 Å². The number of anilines is 2. The van der Waals surface area contributed by atoms with Gasteiger partial charge in [-0.2, -0.15) is 5.26 Å². The van der Waals surface area contributed by atoms with Crippen molar-refractivity contribution < 1.29 is 24.0 Å². The summed E-state index contributed by atoms with van der Waals surface area (Å²) in [5, 5.41) is 25.5. The summed E-state index contributed by atoms with van der Waals surface area (Å²) in [4.78, 5) is 35.2. The number of nitrogens with one attached hydrogen (secondary N) is 2. The minimum atomic E-state index is -0.755. The number of para-hydroxylation sites is 1. The molecule has 0 spiro atoms. The van der Waals surface area contributed by atoms with Crippen molar-refractivity contribution in [2.24, 2.45) is 0 Å². The Balaban J connectivity index is 2.18. The number of nitro groups is 1. The van der Waals surface area contributed by atoms with Crippen LogP contribution in [0.4, 0.5) is 17.1 Å². The van der Waals surface area contributed by atoms with E-state index in [1.807, 2.05) is 6.92 Å². The number of nitrogens with zero attached hydrogens (tertiary/aromatic N) is 2. The summed E-state index contributed by atoms with van der Waals surface area (Å²) >= 11 is 0. The van der Waals surface area contributed by atoms with Crippen molar-refractivity contribution in [3.63, 3.8) is 0 Å². The van der Waals surface area contributed by atoms with Crippen molar-refractivity contribution in [2.75, 3.05) is 24.4 Å². The van der Waals surface area contributed by atoms with Crippen LogP contribution in [-0.4, -0.2) is 30.5 Å². The number of methoxy groups -OCH3 is 1. The number of rotatable bonds is 10. The first-order valence-electron chi connectivity index (χ1n) is 9.68. The molecule has 0 bridgehead atoms. The van der Waals surface area contributed by atoms with E-state index in [9.17, 15) is 25.0 Å². The van der Waals surface area contributed by atoms with Gasteiger partial charge in [0.2, 0.25) is 0 Å². The molecule has 0 fully saturated rings. The molecule has 0 aliphatic rings. The summed E-state index contributed by atoms with van der Waals surface area (Å²) in [6.45, 7) is 2.24. The Hall–Kier alpha value is -4.39. The highest BCUT2D eigenvalue weighted by Crippen LogP contribution is 2.29. The predicted molar refractivity (Wildman–Crippen MR) is 117 cm³/mol. The lowest BCUT2D eigenvalue weighted by molar-refractivity contribution is -0.384. The topological polar surface area (TPSA) is 144 Å². The van der Waals surface area contributed by atoms with Gasteiger partial charge in [-0.1, -0.05) is 25.5 Å². The Labute approximate surface area is 184 Å². The van der Waals surface area contributed by atoms with Crippen LogP contribution in [-0.2, 0) is 9.53 Å². The van der Waals surface area contributed by atoms with E-state index in [0.29, 0.717) is 5.69 Å². The lowest BCUT2D eigenvalue weighted by Gasteiger charge is -2.11. The van der Waals surface area contributed by atoms with Gasteiger partial charge in [0.05, 0.1) is 41.6 Å². The molecule has 0 aliphatic heterocycles. The van der Waals surface area contributed by atoms with Crippen molar-refractivity contribution >= 4 is 28.9 Å². The summed E-state index contributed by atoms with van der Waals surface area (Å²) in [6.07, 6.45) is 2.73. The van der Waals surface area contributed by atoms with E-state index in [4.69, 9.17) is 9.47 Å². The lowest BCUT2D eigenvalue weighted by atomic mass is 10.1. The van der Waals surface area contributed by atoms with Crippen LogP contribution in [0.2, 0.25) is 0 Å². The molecular formula is C22H22N4O6. The van der Waals surface area contributed by atoms with Crippen molar-refractivity contribution in [1.29, 1.82) is 5.26 Å². The van der Waals surface area contributed by atoms with Gasteiger partial charge >= 0.3 is 5.97 Å². The van der Waals surface area contributed by atoms with Crippen molar-refractivity contribution in [3.05, 3.63) is 69.9 Å². The Bertz CT molecular complexity index is 1070. The van der Waals surface area contributed by atoms with Crippen LogP contribution in [0.25, 0.3) is 0 Å². The molecule has 0 atom stereocenters. The smallest absolute Gasteiger partial charge is 0.340 e. The molecule has 2 aromatic rings. The van der Waals surface area contributed by atoms with Gasteiger partial charge in [-0.15, -0.1) is 0 Å². The molecule has 166 valence electrons. The second-order valence-corrected chi connectivity index (χ2v) is 6.45. The molecule has 2 rings (SSSR count). The third-order valence-corrected chi connectivity index (χ3v) is 4.26. The maximum atomic E-state index is 12.6. The number of amides is 1. The number of esters is 1. The first-order valence-corrected chi connectivity index (χ1v) is 9.68.